The van der Waals surface area contributed by atoms with E-state index in [4.69, 9.17) is 0 Å². The van der Waals surface area contributed by atoms with Crippen LogP contribution in [0.25, 0.3) is 0 Å². The fraction of sp³-hybridized carbons (Fsp3) is 0.750. The van der Waals surface area contributed by atoms with E-state index in [1.807, 2.05) is 15.6 Å². The number of aromatic nitrogens is 2. The lowest BCUT2D eigenvalue weighted by Gasteiger charge is -2.34. The van der Waals surface area contributed by atoms with E-state index in [1.54, 1.807) is 13.1 Å². The Hall–Kier alpha value is -1.41. The molecule has 2 aliphatic heterocycles. The van der Waals surface area contributed by atoms with Crippen molar-refractivity contribution < 1.29 is 13.2 Å². The molecule has 1 aromatic rings. The van der Waals surface area contributed by atoms with Crippen molar-refractivity contribution >= 4 is 15.7 Å². The third kappa shape index (κ3) is 3.97. The molecule has 8 heteroatoms. The van der Waals surface area contributed by atoms with Gasteiger partial charge in [-0.25, -0.2) is 8.42 Å². The van der Waals surface area contributed by atoms with Crippen LogP contribution in [-0.2, 0) is 21.2 Å². The summed E-state index contributed by atoms with van der Waals surface area (Å²) in [6, 6.07) is 1.94. The minimum atomic E-state index is -2.98. The minimum Gasteiger partial charge on any atom is -0.343 e. The quantitative estimate of drug-likeness (QED) is 0.751. The fourth-order valence-corrected chi connectivity index (χ4v) is 4.32. The van der Waals surface area contributed by atoms with Gasteiger partial charge in [-0.05, 0) is 18.9 Å². The van der Waals surface area contributed by atoms with E-state index in [2.05, 4.69) is 10.00 Å². The molecule has 0 unspecified atom stereocenters. The molecule has 0 saturated carbocycles. The number of amides is 1. The molecule has 7 nitrogen and oxygen atoms in total. The summed E-state index contributed by atoms with van der Waals surface area (Å²) in [6.07, 6.45) is 4.37. The van der Waals surface area contributed by atoms with E-state index in [0.717, 1.165) is 31.6 Å². The average Bonchev–Trinajstić information content (AvgIpc) is 3.24. The highest BCUT2D eigenvalue weighted by Gasteiger charge is 2.30. The van der Waals surface area contributed by atoms with Crippen molar-refractivity contribution in [2.45, 2.75) is 38.8 Å². The second-order valence-electron chi connectivity index (χ2n) is 6.68. The molecule has 3 heterocycles. The highest BCUT2D eigenvalue weighted by atomic mass is 32.2. The number of carbonyl (C=O) groups is 1. The number of likely N-dealkylation sites (tertiary alicyclic amines) is 1. The topological polar surface area (TPSA) is 75.5 Å². The van der Waals surface area contributed by atoms with Gasteiger partial charge in [-0.2, -0.15) is 5.10 Å². The first-order valence-corrected chi connectivity index (χ1v) is 10.5. The molecule has 24 heavy (non-hydrogen) atoms. The molecule has 0 aromatic carbocycles. The van der Waals surface area contributed by atoms with Crippen molar-refractivity contribution in [3.05, 3.63) is 18.0 Å². The first-order valence-electron chi connectivity index (χ1n) is 8.71. The van der Waals surface area contributed by atoms with Crippen LogP contribution >= 0.6 is 0 Å². The summed E-state index contributed by atoms with van der Waals surface area (Å²) in [6.45, 7) is 5.26. The second kappa shape index (κ2) is 7.23. The van der Waals surface area contributed by atoms with Gasteiger partial charge >= 0.3 is 0 Å². The summed E-state index contributed by atoms with van der Waals surface area (Å²) in [5, 5.41) is 4.38. The molecule has 0 N–H and O–H groups in total. The molecular weight excluding hydrogens is 328 g/mol. The lowest BCUT2D eigenvalue weighted by molar-refractivity contribution is -0.131. The number of hydrogen-bond donors (Lipinski definition) is 0. The molecule has 1 saturated heterocycles. The molecule has 0 bridgehead atoms. The Kier molecular flexibility index (Phi) is 5.24. The van der Waals surface area contributed by atoms with Gasteiger partial charge in [0.25, 0.3) is 0 Å². The number of sulfone groups is 1. The Morgan fingerprint density at radius 1 is 1.33 bits per heavy atom. The van der Waals surface area contributed by atoms with E-state index >= 15 is 0 Å². The highest BCUT2D eigenvalue weighted by Crippen LogP contribution is 2.24. The molecular formula is C16H26N4O3S. The van der Waals surface area contributed by atoms with Gasteiger partial charge in [-0.3, -0.25) is 14.4 Å². The number of fused-ring (bicyclic) bond motifs is 1. The average molecular weight is 354 g/mol. The van der Waals surface area contributed by atoms with Crippen LogP contribution in [0.3, 0.4) is 0 Å². The summed E-state index contributed by atoms with van der Waals surface area (Å²) in [5.41, 5.74) is 1.05. The zero-order valence-corrected chi connectivity index (χ0v) is 15.0. The number of rotatable bonds is 6. The van der Waals surface area contributed by atoms with Crippen molar-refractivity contribution in [3.8, 4) is 0 Å². The van der Waals surface area contributed by atoms with E-state index in [0.29, 0.717) is 26.1 Å². The molecule has 134 valence electrons. The summed E-state index contributed by atoms with van der Waals surface area (Å²) in [4.78, 5) is 16.6. The zero-order valence-electron chi connectivity index (χ0n) is 14.2. The first kappa shape index (κ1) is 17.4. The van der Waals surface area contributed by atoms with Gasteiger partial charge in [0, 0.05) is 44.7 Å². The van der Waals surface area contributed by atoms with Crippen molar-refractivity contribution in [2.24, 2.45) is 0 Å². The van der Waals surface area contributed by atoms with Crippen LogP contribution in [-0.4, -0.2) is 71.6 Å². The van der Waals surface area contributed by atoms with E-state index in [-0.39, 0.29) is 23.5 Å². The molecule has 1 aromatic heterocycles. The molecule has 0 radical (unpaired) electrons. The smallest absolute Gasteiger partial charge is 0.224 e. The van der Waals surface area contributed by atoms with Crippen molar-refractivity contribution in [1.29, 1.82) is 0 Å². The number of hydrogen-bond acceptors (Lipinski definition) is 5. The maximum atomic E-state index is 12.5. The Bertz CT molecular complexity index is 679. The molecule has 0 spiro atoms. The largest absolute Gasteiger partial charge is 0.343 e. The Morgan fingerprint density at radius 2 is 2.08 bits per heavy atom. The van der Waals surface area contributed by atoms with Crippen LogP contribution in [0.1, 0.15) is 37.9 Å². The van der Waals surface area contributed by atoms with Gasteiger partial charge in [0.1, 0.15) is 0 Å². The van der Waals surface area contributed by atoms with Crippen LogP contribution in [0, 0.1) is 0 Å². The monoisotopic (exact) mass is 354 g/mol. The zero-order chi connectivity index (χ0) is 17.2. The Labute approximate surface area is 143 Å². The van der Waals surface area contributed by atoms with Crippen LogP contribution < -0.4 is 0 Å². The van der Waals surface area contributed by atoms with Crippen LogP contribution in [0.2, 0.25) is 0 Å². The lowest BCUT2D eigenvalue weighted by Crippen LogP contribution is -2.42. The van der Waals surface area contributed by atoms with E-state index in [9.17, 15) is 13.2 Å². The fourth-order valence-electron chi connectivity index (χ4n) is 3.50. The summed E-state index contributed by atoms with van der Waals surface area (Å²) in [7, 11) is -2.98. The first-order chi connectivity index (χ1) is 11.5. The predicted octanol–water partition coefficient (Wildman–Crippen LogP) is 0.687. The SMILES string of the molecule is CCS(=O)(=O)CCN1Cc2ccnn2[C@H](CC(=O)N2CCCC2)C1. The Morgan fingerprint density at radius 3 is 2.79 bits per heavy atom. The van der Waals surface area contributed by atoms with Crippen LogP contribution in [0.4, 0.5) is 0 Å². The number of nitrogens with zero attached hydrogens (tertiary/aromatic N) is 4. The summed E-state index contributed by atoms with van der Waals surface area (Å²) < 4.78 is 25.5. The molecule has 0 aliphatic carbocycles. The highest BCUT2D eigenvalue weighted by molar-refractivity contribution is 7.91. The molecule has 1 atom stereocenters. The molecule has 1 fully saturated rings. The molecule has 2 aliphatic rings. The van der Waals surface area contributed by atoms with E-state index < -0.39 is 9.84 Å². The van der Waals surface area contributed by atoms with Crippen molar-refractivity contribution in [2.75, 3.05) is 37.7 Å². The predicted molar refractivity (Wildman–Crippen MR) is 91.3 cm³/mol. The van der Waals surface area contributed by atoms with Gasteiger partial charge in [0.2, 0.25) is 5.91 Å². The minimum absolute atomic E-state index is 0.0128. The lowest BCUT2D eigenvalue weighted by atomic mass is 10.1. The third-order valence-corrected chi connectivity index (χ3v) is 6.66. The summed E-state index contributed by atoms with van der Waals surface area (Å²) in [5.74, 6) is 0.530. The van der Waals surface area contributed by atoms with Gasteiger partial charge in [0.05, 0.1) is 23.9 Å². The van der Waals surface area contributed by atoms with E-state index in [1.165, 1.54) is 0 Å². The maximum absolute atomic E-state index is 12.5. The second-order valence-corrected chi connectivity index (χ2v) is 9.16. The van der Waals surface area contributed by atoms with Gasteiger partial charge in [-0.15, -0.1) is 0 Å². The van der Waals surface area contributed by atoms with Gasteiger partial charge < -0.3 is 4.90 Å². The Balaban J connectivity index is 1.66. The third-order valence-electron chi connectivity index (χ3n) is 4.98. The van der Waals surface area contributed by atoms with Gasteiger partial charge in [-0.1, -0.05) is 6.92 Å². The van der Waals surface area contributed by atoms with Gasteiger partial charge in [0.15, 0.2) is 9.84 Å². The van der Waals surface area contributed by atoms with Crippen molar-refractivity contribution in [3.63, 3.8) is 0 Å². The standard InChI is InChI=1S/C16H26N4O3S/c1-2-24(22,23)10-9-18-12-14-5-6-17-20(14)15(13-18)11-16(21)19-7-3-4-8-19/h5-6,15H,2-4,7-13H2,1H3/t15-/m1/s1. The van der Waals surface area contributed by atoms with Crippen LogP contribution in [0.15, 0.2) is 12.3 Å². The maximum Gasteiger partial charge on any atom is 0.224 e. The molecule has 1 amide bonds. The normalized spacial score (nSPS) is 21.9. The summed E-state index contributed by atoms with van der Waals surface area (Å²) >= 11 is 0. The van der Waals surface area contributed by atoms with Crippen molar-refractivity contribution in [1.82, 2.24) is 19.6 Å². The van der Waals surface area contributed by atoms with Crippen LogP contribution in [0.5, 0.6) is 0 Å². The molecule has 3 rings (SSSR count). The number of carbonyl (C=O) groups excluding carboxylic acids is 1.